The molecule has 0 bridgehead atoms. The first kappa shape index (κ1) is 19.7. The zero-order valence-corrected chi connectivity index (χ0v) is 14.0. The van der Waals surface area contributed by atoms with Gasteiger partial charge in [-0.05, 0) is 12.5 Å². The van der Waals surface area contributed by atoms with E-state index in [2.05, 4.69) is 5.32 Å². The normalized spacial score (nSPS) is 19.9. The molecule has 0 aliphatic carbocycles. The van der Waals surface area contributed by atoms with Crippen LogP contribution in [0.2, 0.25) is 0 Å². The van der Waals surface area contributed by atoms with E-state index < -0.39 is 48.4 Å². The number of likely N-dealkylation sites (tertiary alicyclic amines) is 1. The SMILES string of the molecule is CC(C(=O)O)C(NC(=O)C1CC(=O)N(CC(F)(F)F)C1)c1ccccc1. The molecule has 9 heteroatoms. The minimum Gasteiger partial charge on any atom is -0.481 e. The number of carbonyl (C=O) groups is 3. The van der Waals surface area contributed by atoms with E-state index in [0.717, 1.165) is 0 Å². The van der Waals surface area contributed by atoms with E-state index in [0.29, 0.717) is 10.5 Å². The summed E-state index contributed by atoms with van der Waals surface area (Å²) in [7, 11) is 0. The van der Waals surface area contributed by atoms with E-state index in [1.54, 1.807) is 30.3 Å². The van der Waals surface area contributed by atoms with Crippen LogP contribution in [0.4, 0.5) is 13.2 Å². The highest BCUT2D eigenvalue weighted by atomic mass is 19.4. The van der Waals surface area contributed by atoms with Gasteiger partial charge in [0.2, 0.25) is 11.8 Å². The van der Waals surface area contributed by atoms with Crippen molar-refractivity contribution >= 4 is 17.8 Å². The van der Waals surface area contributed by atoms with Crippen LogP contribution in [0.25, 0.3) is 0 Å². The van der Waals surface area contributed by atoms with Crippen molar-refractivity contribution in [3.8, 4) is 0 Å². The number of aliphatic carboxylic acids is 1. The van der Waals surface area contributed by atoms with Crippen molar-refractivity contribution in [1.29, 1.82) is 0 Å². The molecule has 0 spiro atoms. The Labute approximate surface area is 148 Å². The highest BCUT2D eigenvalue weighted by Gasteiger charge is 2.41. The molecule has 3 atom stereocenters. The molecule has 1 aromatic carbocycles. The van der Waals surface area contributed by atoms with Crippen LogP contribution in [0.5, 0.6) is 0 Å². The number of nitrogens with zero attached hydrogens (tertiary/aromatic N) is 1. The Morgan fingerprint density at radius 2 is 1.92 bits per heavy atom. The number of hydrogen-bond donors (Lipinski definition) is 2. The molecule has 1 fully saturated rings. The standard InChI is InChI=1S/C17H19F3N2O4/c1-10(16(25)26)14(11-5-3-2-4-6-11)21-15(24)12-7-13(23)22(8-12)9-17(18,19)20/h2-6,10,12,14H,7-9H2,1H3,(H,21,24)(H,25,26). The predicted molar refractivity (Wildman–Crippen MR) is 84.9 cm³/mol. The summed E-state index contributed by atoms with van der Waals surface area (Å²) in [5.74, 6) is -4.41. The molecule has 1 aliphatic rings. The summed E-state index contributed by atoms with van der Waals surface area (Å²) in [5.41, 5.74) is 0.562. The first-order chi connectivity index (χ1) is 12.1. The molecule has 142 valence electrons. The number of carboxylic acids is 1. The van der Waals surface area contributed by atoms with Gasteiger partial charge in [-0.1, -0.05) is 30.3 Å². The van der Waals surface area contributed by atoms with Crippen LogP contribution >= 0.6 is 0 Å². The lowest BCUT2D eigenvalue weighted by atomic mass is 9.93. The average Bonchev–Trinajstić information content (AvgIpc) is 2.91. The Morgan fingerprint density at radius 1 is 1.31 bits per heavy atom. The second kappa shape index (κ2) is 7.76. The molecule has 2 N–H and O–H groups in total. The molecule has 0 saturated carbocycles. The molecule has 0 radical (unpaired) electrons. The maximum atomic E-state index is 12.5. The van der Waals surface area contributed by atoms with Gasteiger partial charge in [0.15, 0.2) is 0 Å². The highest BCUT2D eigenvalue weighted by Crippen LogP contribution is 2.27. The van der Waals surface area contributed by atoms with Gasteiger partial charge in [-0.2, -0.15) is 13.2 Å². The summed E-state index contributed by atoms with van der Waals surface area (Å²) >= 11 is 0. The van der Waals surface area contributed by atoms with Gasteiger partial charge < -0.3 is 15.3 Å². The van der Waals surface area contributed by atoms with Crippen molar-refractivity contribution in [1.82, 2.24) is 10.2 Å². The number of hydrogen-bond acceptors (Lipinski definition) is 3. The first-order valence-corrected chi connectivity index (χ1v) is 8.01. The van der Waals surface area contributed by atoms with Gasteiger partial charge in [0.1, 0.15) is 6.54 Å². The summed E-state index contributed by atoms with van der Waals surface area (Å²) < 4.78 is 37.4. The zero-order valence-electron chi connectivity index (χ0n) is 14.0. The number of benzene rings is 1. The number of amides is 2. The molecule has 2 amide bonds. The van der Waals surface area contributed by atoms with Gasteiger partial charge in [0.05, 0.1) is 17.9 Å². The van der Waals surface area contributed by atoms with Crippen LogP contribution < -0.4 is 5.32 Å². The topological polar surface area (TPSA) is 86.7 Å². The highest BCUT2D eigenvalue weighted by molar-refractivity contribution is 5.89. The van der Waals surface area contributed by atoms with Gasteiger partial charge in [-0.15, -0.1) is 0 Å². The Balaban J connectivity index is 2.10. The Morgan fingerprint density at radius 3 is 2.46 bits per heavy atom. The zero-order chi connectivity index (χ0) is 19.5. The molecular formula is C17H19F3N2O4. The number of carbonyl (C=O) groups excluding carboxylic acids is 2. The minimum absolute atomic E-state index is 0.328. The average molecular weight is 372 g/mol. The van der Waals surface area contributed by atoms with Crippen LogP contribution in [0.1, 0.15) is 24.9 Å². The van der Waals surface area contributed by atoms with Crippen LogP contribution in [0.3, 0.4) is 0 Å². The quantitative estimate of drug-likeness (QED) is 0.799. The van der Waals surface area contributed by atoms with Crippen molar-refractivity contribution < 1.29 is 32.7 Å². The van der Waals surface area contributed by atoms with Gasteiger partial charge in [-0.3, -0.25) is 14.4 Å². The van der Waals surface area contributed by atoms with Gasteiger partial charge in [-0.25, -0.2) is 0 Å². The molecule has 1 heterocycles. The summed E-state index contributed by atoms with van der Waals surface area (Å²) in [4.78, 5) is 36.1. The van der Waals surface area contributed by atoms with E-state index in [1.807, 2.05) is 0 Å². The van der Waals surface area contributed by atoms with Crippen molar-refractivity contribution in [3.05, 3.63) is 35.9 Å². The van der Waals surface area contributed by atoms with Gasteiger partial charge in [0.25, 0.3) is 0 Å². The third-order valence-corrected chi connectivity index (χ3v) is 4.30. The molecular weight excluding hydrogens is 353 g/mol. The molecule has 1 aromatic rings. The van der Waals surface area contributed by atoms with Crippen molar-refractivity contribution in [2.24, 2.45) is 11.8 Å². The fourth-order valence-corrected chi connectivity index (χ4v) is 2.89. The van der Waals surface area contributed by atoms with E-state index in [4.69, 9.17) is 0 Å². The van der Waals surface area contributed by atoms with Crippen LogP contribution in [-0.4, -0.2) is 47.1 Å². The van der Waals surface area contributed by atoms with Crippen LogP contribution in [-0.2, 0) is 14.4 Å². The molecule has 2 rings (SSSR count). The van der Waals surface area contributed by atoms with E-state index in [-0.39, 0.29) is 13.0 Å². The van der Waals surface area contributed by atoms with Crippen LogP contribution in [0.15, 0.2) is 30.3 Å². The summed E-state index contributed by atoms with van der Waals surface area (Å²) in [6.07, 6.45) is -4.86. The van der Waals surface area contributed by atoms with E-state index in [9.17, 15) is 32.7 Å². The molecule has 1 saturated heterocycles. The number of halogens is 3. The maximum absolute atomic E-state index is 12.5. The van der Waals surface area contributed by atoms with Gasteiger partial charge in [0, 0.05) is 13.0 Å². The summed E-state index contributed by atoms with van der Waals surface area (Å²) in [6, 6.07) is 7.56. The Kier molecular flexibility index (Phi) is 5.89. The second-order valence-corrected chi connectivity index (χ2v) is 6.31. The molecule has 1 aliphatic heterocycles. The minimum atomic E-state index is -4.54. The third-order valence-electron chi connectivity index (χ3n) is 4.30. The maximum Gasteiger partial charge on any atom is 0.406 e. The third kappa shape index (κ3) is 4.96. The van der Waals surface area contributed by atoms with Crippen LogP contribution in [0, 0.1) is 11.8 Å². The first-order valence-electron chi connectivity index (χ1n) is 8.01. The fraction of sp³-hybridized carbons (Fsp3) is 0.471. The lowest BCUT2D eigenvalue weighted by molar-refractivity contribution is -0.157. The van der Waals surface area contributed by atoms with Crippen molar-refractivity contribution in [2.45, 2.75) is 25.6 Å². The fourth-order valence-electron chi connectivity index (χ4n) is 2.89. The lowest BCUT2D eigenvalue weighted by Gasteiger charge is -2.24. The second-order valence-electron chi connectivity index (χ2n) is 6.31. The number of rotatable bonds is 6. The van der Waals surface area contributed by atoms with Crippen molar-refractivity contribution in [2.75, 3.05) is 13.1 Å². The van der Waals surface area contributed by atoms with E-state index in [1.165, 1.54) is 6.92 Å². The number of nitrogens with one attached hydrogen (secondary N) is 1. The largest absolute Gasteiger partial charge is 0.481 e. The molecule has 6 nitrogen and oxygen atoms in total. The summed E-state index contributed by atoms with van der Waals surface area (Å²) in [5, 5.41) is 11.8. The monoisotopic (exact) mass is 372 g/mol. The van der Waals surface area contributed by atoms with Crippen molar-refractivity contribution in [3.63, 3.8) is 0 Å². The lowest BCUT2D eigenvalue weighted by Crippen LogP contribution is -2.40. The Bertz CT molecular complexity index is 678. The molecule has 0 aromatic heterocycles. The molecule has 3 unspecified atom stereocenters. The molecule has 26 heavy (non-hydrogen) atoms. The number of alkyl halides is 3. The summed E-state index contributed by atoms with van der Waals surface area (Å²) in [6.45, 7) is -0.313. The predicted octanol–water partition coefficient (Wildman–Crippen LogP) is 1.98. The Hall–Kier alpha value is -2.58. The van der Waals surface area contributed by atoms with Gasteiger partial charge >= 0.3 is 12.1 Å². The smallest absolute Gasteiger partial charge is 0.406 e. The van der Waals surface area contributed by atoms with E-state index >= 15 is 0 Å². The number of carboxylic acid groups (broad SMARTS) is 1.